The number of rotatable bonds is 58. The second-order valence-electron chi connectivity index (χ2n) is 20.7. The summed E-state index contributed by atoms with van der Waals surface area (Å²) < 4.78 is 0. The van der Waals surface area contributed by atoms with Gasteiger partial charge in [-0.05, 0) is 182 Å². The molecule has 0 unspecified atom stereocenters. The van der Waals surface area contributed by atoms with Crippen LogP contribution in [0.1, 0.15) is 155 Å². The normalized spacial score (nSPS) is 13.9. The molecule has 28 nitrogen and oxygen atoms in total. The van der Waals surface area contributed by atoms with Crippen LogP contribution in [0.4, 0.5) is 0 Å². The maximum atomic E-state index is 11.6. The van der Waals surface area contributed by atoms with Crippen molar-refractivity contribution in [3.8, 4) is 0 Å². The van der Waals surface area contributed by atoms with E-state index >= 15 is 0 Å². The summed E-state index contributed by atoms with van der Waals surface area (Å²) in [5.74, 6) is -6.14. The Balaban J connectivity index is -0.000000527. The summed E-state index contributed by atoms with van der Waals surface area (Å²) in [5, 5.41) is 129. The van der Waals surface area contributed by atoms with Crippen molar-refractivity contribution < 1.29 is 99.6 Å². The highest BCUT2D eigenvalue weighted by molar-refractivity contribution is 5.95. The van der Waals surface area contributed by atoms with Crippen molar-refractivity contribution in [2.75, 3.05) is 118 Å². The number of aliphatic hydroxyl groups excluding tert-OH is 12. The van der Waals surface area contributed by atoms with Gasteiger partial charge in [0.05, 0.1) is 0 Å². The van der Waals surface area contributed by atoms with Crippen molar-refractivity contribution in [1.29, 1.82) is 0 Å². The van der Waals surface area contributed by atoms with Gasteiger partial charge in [0.1, 0.15) is 75.3 Å². The van der Waals surface area contributed by atoms with Gasteiger partial charge in [-0.15, -0.1) is 0 Å². The van der Waals surface area contributed by atoms with Crippen molar-refractivity contribution in [1.82, 2.24) is 31.9 Å². The van der Waals surface area contributed by atoms with Crippen LogP contribution in [-0.2, 0) is 38.4 Å². The highest BCUT2D eigenvalue weighted by Gasteiger charge is 2.31. The summed E-state index contributed by atoms with van der Waals surface area (Å²) in [6.07, 6.45) is 3.57. The zero-order chi connectivity index (χ0) is 65.8. The highest BCUT2D eigenvalue weighted by atomic mass is 16.4. The van der Waals surface area contributed by atoms with Gasteiger partial charge in [0.2, 0.25) is 0 Å². The first-order chi connectivity index (χ1) is 41.2. The second-order valence-corrected chi connectivity index (χ2v) is 20.7. The van der Waals surface area contributed by atoms with Crippen molar-refractivity contribution in [2.45, 2.75) is 204 Å². The molecule has 0 amide bonds. The van der Waals surface area contributed by atoms with E-state index in [1.165, 1.54) is 12.8 Å². The minimum Gasteiger partial charge on any atom is -0.388 e. The fourth-order valence-corrected chi connectivity index (χ4v) is 7.52. The number of hydrogen-bond donors (Lipinski definition) is 20. The maximum absolute atomic E-state index is 11.6. The molecule has 0 aliphatic rings. The van der Waals surface area contributed by atoms with Gasteiger partial charge < -0.3 is 105 Å². The fourth-order valence-electron chi connectivity index (χ4n) is 7.52. The van der Waals surface area contributed by atoms with E-state index in [4.69, 9.17) is 31.9 Å². The quantitative estimate of drug-likeness (QED) is 0.0255. The standard InChI is InChI=1S/C18H37N3O5.C16H32N2O5.C13H26N2O5.C11H21NO5/c19-9-3-1-4-10-20-11-5-2-6-12-21-13-7-8-15(23)17(25)18(26)16(24)14-22;1-2-8-17-9-4-3-5-10-18-11-6-7-13(20)15(22)16(23)14(21)12-19;14-6-2-1-3-7-15-8-4-5-10(17)12(19)13(20)11(18)9-16;1-2-5-12-6-3-4-8(14)10(16)11(17)9(15)7-13/h17-18,20-22,25-26H,1-14,19H2;15-19,22-23H,2-12H2,1H3;12-13,15-16,19-20H,1-9,14H2;10-13,16-17H,2-7H2,1H3/t17-,18-;15-,16-;12-,13-;10-,11-/m0000/s1. The van der Waals surface area contributed by atoms with Gasteiger partial charge in [-0.3, -0.25) is 38.4 Å². The Labute approximate surface area is 509 Å². The molecule has 0 aromatic heterocycles. The third-order valence-electron chi connectivity index (χ3n) is 12.9. The first kappa shape index (κ1) is 89.0. The van der Waals surface area contributed by atoms with Gasteiger partial charge >= 0.3 is 0 Å². The van der Waals surface area contributed by atoms with Gasteiger partial charge in [-0.25, -0.2) is 0 Å². The van der Waals surface area contributed by atoms with E-state index in [1.54, 1.807) is 0 Å². The van der Waals surface area contributed by atoms with E-state index in [-0.39, 0.29) is 25.7 Å². The van der Waals surface area contributed by atoms with Crippen LogP contribution < -0.4 is 43.4 Å². The molecular formula is C58H116N8O20. The third-order valence-corrected chi connectivity index (χ3v) is 12.9. The molecule has 0 aromatic carbocycles. The molecule has 0 bridgehead atoms. The molecule has 508 valence electrons. The number of Topliss-reactive ketones (excluding diaryl/α,β-unsaturated/α-hetero) is 8. The fraction of sp³-hybridized carbons (Fsp3) is 0.862. The number of ketones is 8. The molecule has 0 rings (SSSR count). The van der Waals surface area contributed by atoms with E-state index in [0.717, 1.165) is 136 Å². The van der Waals surface area contributed by atoms with Crippen LogP contribution >= 0.6 is 0 Å². The zero-order valence-corrected chi connectivity index (χ0v) is 51.7. The molecule has 8 atom stereocenters. The number of aliphatic hydroxyl groups is 12. The molecule has 86 heavy (non-hydrogen) atoms. The number of carbonyl (C=O) groups excluding carboxylic acids is 8. The van der Waals surface area contributed by atoms with Crippen molar-refractivity contribution in [2.24, 2.45) is 11.5 Å². The lowest BCUT2D eigenvalue weighted by Gasteiger charge is -2.14. The summed E-state index contributed by atoms with van der Waals surface area (Å²) in [4.78, 5) is 89.9. The molecular weight excluding hydrogens is 1130 g/mol. The minimum atomic E-state index is -1.84. The monoisotopic (exact) mass is 1240 g/mol. The smallest absolute Gasteiger partial charge is 0.189 e. The lowest BCUT2D eigenvalue weighted by atomic mass is 10.0. The summed E-state index contributed by atoms with van der Waals surface area (Å²) in [7, 11) is 0. The van der Waals surface area contributed by atoms with E-state index in [2.05, 4.69) is 38.8 Å². The average molecular weight is 1250 g/mol. The molecule has 0 radical (unpaired) electrons. The molecule has 0 aromatic rings. The Morgan fingerprint density at radius 1 is 0.256 bits per heavy atom. The Bertz CT molecular complexity index is 1690. The molecule has 0 aliphatic heterocycles. The van der Waals surface area contributed by atoms with Crippen molar-refractivity contribution >= 4 is 46.3 Å². The van der Waals surface area contributed by atoms with Crippen LogP contribution in [-0.4, -0.2) is 274 Å². The Hall–Kier alpha value is -3.44. The van der Waals surface area contributed by atoms with Crippen LogP contribution in [0.5, 0.6) is 0 Å². The van der Waals surface area contributed by atoms with Crippen molar-refractivity contribution in [3.05, 3.63) is 0 Å². The second kappa shape index (κ2) is 64.5. The zero-order valence-electron chi connectivity index (χ0n) is 51.7. The summed E-state index contributed by atoms with van der Waals surface area (Å²) in [6, 6.07) is 0. The van der Waals surface area contributed by atoms with Crippen molar-refractivity contribution in [3.63, 3.8) is 0 Å². The van der Waals surface area contributed by atoms with E-state index in [0.29, 0.717) is 58.4 Å². The highest BCUT2D eigenvalue weighted by Crippen LogP contribution is 2.07. The van der Waals surface area contributed by atoms with Gasteiger partial charge in [-0.1, -0.05) is 39.5 Å². The predicted molar refractivity (Wildman–Crippen MR) is 325 cm³/mol. The molecule has 28 heteroatoms. The molecule has 0 saturated carbocycles. The number of nitrogens with two attached hydrogens (primary N) is 2. The topological polar surface area (TPSA) is 504 Å². The summed E-state index contributed by atoms with van der Waals surface area (Å²) in [6.45, 7) is 12.3. The predicted octanol–water partition coefficient (Wildman–Crippen LogP) is -4.57. The number of nitrogens with one attached hydrogen (secondary N) is 6. The van der Waals surface area contributed by atoms with E-state index < -0.39 is 122 Å². The van der Waals surface area contributed by atoms with Crippen LogP contribution in [0, 0.1) is 0 Å². The molecule has 0 aliphatic carbocycles. The SMILES string of the molecule is CCCNCCCC(=O)[C@H](O)[C@@H](O)C(=O)CO.CCCNCCCCCNCCCC(=O)[C@H](O)[C@@H](O)C(=O)CO.NCCCCCNCCCC(=O)[C@H](O)[C@@H](O)C(=O)CO.NCCCCCNCCCCCNCCCC(=O)[C@H](O)[C@@H](O)C(=O)CO. The molecule has 0 saturated heterocycles. The first-order valence-corrected chi connectivity index (χ1v) is 30.9. The van der Waals surface area contributed by atoms with Gasteiger partial charge in [0.15, 0.2) is 46.3 Å². The van der Waals surface area contributed by atoms with Gasteiger partial charge in [0.25, 0.3) is 0 Å². The number of hydrogen-bond acceptors (Lipinski definition) is 28. The van der Waals surface area contributed by atoms with Crippen LogP contribution in [0.3, 0.4) is 0 Å². The average Bonchev–Trinajstić information content (AvgIpc) is 3.74. The third kappa shape index (κ3) is 52.5. The summed E-state index contributed by atoms with van der Waals surface area (Å²) in [5.41, 5.74) is 10.8. The molecule has 0 spiro atoms. The van der Waals surface area contributed by atoms with Crippen LogP contribution in [0.25, 0.3) is 0 Å². The van der Waals surface area contributed by atoms with Crippen LogP contribution in [0.15, 0.2) is 0 Å². The number of carbonyl (C=O) groups is 8. The summed E-state index contributed by atoms with van der Waals surface area (Å²) >= 11 is 0. The van der Waals surface area contributed by atoms with Crippen LogP contribution in [0.2, 0.25) is 0 Å². The van der Waals surface area contributed by atoms with E-state index in [9.17, 15) is 79.2 Å². The molecule has 0 heterocycles. The maximum Gasteiger partial charge on any atom is 0.189 e. The lowest BCUT2D eigenvalue weighted by Crippen LogP contribution is -2.41. The Morgan fingerprint density at radius 2 is 0.419 bits per heavy atom. The lowest BCUT2D eigenvalue weighted by molar-refractivity contribution is -0.145. The van der Waals surface area contributed by atoms with E-state index in [1.807, 2.05) is 6.92 Å². The minimum absolute atomic E-state index is 0.0761. The molecule has 0 fully saturated rings. The first-order valence-electron chi connectivity index (χ1n) is 30.9. The Morgan fingerprint density at radius 3 is 0.593 bits per heavy atom. The molecule has 22 N–H and O–H groups in total. The number of unbranched alkanes of at least 4 members (excludes halogenated alkanes) is 8. The largest absolute Gasteiger partial charge is 0.388 e. The Kier molecular flexibility index (Phi) is 66.8. The van der Waals surface area contributed by atoms with Gasteiger partial charge in [-0.2, -0.15) is 0 Å². The van der Waals surface area contributed by atoms with Gasteiger partial charge in [0, 0.05) is 25.7 Å².